The van der Waals surface area contributed by atoms with Gasteiger partial charge in [0, 0.05) is 25.3 Å². The minimum atomic E-state index is -0.394. The summed E-state index contributed by atoms with van der Waals surface area (Å²) in [5.41, 5.74) is 0. The highest BCUT2D eigenvalue weighted by molar-refractivity contribution is 7.99. The number of carbonyl (C=O) groups is 2. The van der Waals surface area contributed by atoms with Crippen molar-refractivity contribution in [2.24, 2.45) is 0 Å². The van der Waals surface area contributed by atoms with Gasteiger partial charge in [-0.1, -0.05) is 0 Å². The van der Waals surface area contributed by atoms with Crippen molar-refractivity contribution in [2.75, 3.05) is 31.3 Å². The molecule has 0 aromatic heterocycles. The Morgan fingerprint density at radius 1 is 1.45 bits per heavy atom. The second-order valence-electron chi connectivity index (χ2n) is 4.79. The lowest BCUT2D eigenvalue weighted by molar-refractivity contribution is -0.157. The van der Waals surface area contributed by atoms with Crippen LogP contribution in [0.3, 0.4) is 0 Å². The van der Waals surface area contributed by atoms with Crippen LogP contribution in [0.15, 0.2) is 0 Å². The summed E-state index contributed by atoms with van der Waals surface area (Å²) >= 11 is 1.76. The lowest BCUT2D eigenvalue weighted by Gasteiger charge is -2.33. The summed E-state index contributed by atoms with van der Waals surface area (Å²) in [6.07, 6.45) is 3.81. The average Bonchev–Trinajstić information content (AvgIpc) is 2.44. The fourth-order valence-corrected chi connectivity index (χ4v) is 3.20. The zero-order chi connectivity index (χ0) is 14.8. The fraction of sp³-hybridized carbons (Fsp3) is 0.857. The van der Waals surface area contributed by atoms with E-state index in [-0.39, 0.29) is 18.5 Å². The first kappa shape index (κ1) is 17.3. The van der Waals surface area contributed by atoms with E-state index in [1.165, 1.54) is 0 Å². The fourth-order valence-electron chi connectivity index (χ4n) is 2.26. The minimum absolute atomic E-state index is 0.0604. The van der Waals surface area contributed by atoms with Crippen LogP contribution in [0.1, 0.15) is 39.0 Å². The molecule has 0 radical (unpaired) electrons. The molecule has 5 nitrogen and oxygen atoms in total. The van der Waals surface area contributed by atoms with E-state index in [1.807, 2.05) is 0 Å². The van der Waals surface area contributed by atoms with Gasteiger partial charge in [0.05, 0.1) is 6.61 Å². The molecule has 1 unspecified atom stereocenters. The molecule has 6 heteroatoms. The van der Waals surface area contributed by atoms with Crippen molar-refractivity contribution in [1.82, 2.24) is 4.90 Å². The summed E-state index contributed by atoms with van der Waals surface area (Å²) in [6, 6.07) is -0.394. The molecular weight excluding hydrogens is 278 g/mol. The highest BCUT2D eigenvalue weighted by Gasteiger charge is 2.33. The van der Waals surface area contributed by atoms with Crippen LogP contribution in [-0.2, 0) is 14.3 Å². The van der Waals surface area contributed by atoms with Gasteiger partial charge in [0.1, 0.15) is 6.04 Å². The largest absolute Gasteiger partial charge is 0.464 e. The molecule has 0 aromatic rings. The number of hydrogen-bond acceptors (Lipinski definition) is 5. The van der Waals surface area contributed by atoms with Crippen LogP contribution >= 0.6 is 11.8 Å². The van der Waals surface area contributed by atoms with Crippen molar-refractivity contribution in [3.8, 4) is 0 Å². The molecule has 1 N–H and O–H groups in total. The third-order valence-electron chi connectivity index (χ3n) is 3.30. The highest BCUT2D eigenvalue weighted by Crippen LogP contribution is 2.20. The Hall–Kier alpha value is -0.750. The smallest absolute Gasteiger partial charge is 0.328 e. The van der Waals surface area contributed by atoms with Gasteiger partial charge in [0.2, 0.25) is 5.91 Å². The van der Waals surface area contributed by atoms with E-state index in [0.29, 0.717) is 26.0 Å². The molecule has 0 bridgehead atoms. The number of esters is 1. The molecule has 1 aliphatic heterocycles. The Balaban J connectivity index is 2.37. The number of likely N-dealkylation sites (tertiary alicyclic amines) is 1. The number of carbonyl (C=O) groups excluding carboxylic acids is 2. The molecule has 1 heterocycles. The van der Waals surface area contributed by atoms with Gasteiger partial charge in [0.15, 0.2) is 0 Å². The quantitative estimate of drug-likeness (QED) is 0.516. The summed E-state index contributed by atoms with van der Waals surface area (Å²) in [5, 5.41) is 8.69. The van der Waals surface area contributed by atoms with Crippen molar-refractivity contribution in [1.29, 1.82) is 0 Å². The second kappa shape index (κ2) is 10.0. The molecule has 1 atom stereocenters. The maximum atomic E-state index is 12.0. The summed E-state index contributed by atoms with van der Waals surface area (Å²) in [4.78, 5) is 25.5. The second-order valence-corrected chi connectivity index (χ2v) is 6.02. The van der Waals surface area contributed by atoms with Gasteiger partial charge in [-0.25, -0.2) is 4.79 Å². The number of piperidine rings is 1. The van der Waals surface area contributed by atoms with Gasteiger partial charge >= 0.3 is 5.97 Å². The molecule has 0 spiro atoms. The van der Waals surface area contributed by atoms with E-state index in [2.05, 4.69) is 0 Å². The molecule has 1 fully saturated rings. The number of rotatable bonds is 9. The van der Waals surface area contributed by atoms with Gasteiger partial charge in [-0.15, -0.1) is 0 Å². The van der Waals surface area contributed by atoms with Crippen LogP contribution in [0.4, 0.5) is 0 Å². The summed E-state index contributed by atoms with van der Waals surface area (Å²) in [6.45, 7) is 2.97. The monoisotopic (exact) mass is 303 g/mol. The van der Waals surface area contributed by atoms with E-state index in [0.717, 1.165) is 30.8 Å². The number of unbranched alkanes of at least 4 members (excludes halogenated alkanes) is 1. The Morgan fingerprint density at radius 3 is 2.95 bits per heavy atom. The molecule has 0 aromatic carbocycles. The normalized spacial score (nSPS) is 19.2. The SMILES string of the molecule is CCOC(=O)C1CCCC(=O)N1CCSCCCCO. The van der Waals surface area contributed by atoms with Crippen molar-refractivity contribution in [3.63, 3.8) is 0 Å². The van der Waals surface area contributed by atoms with Crippen molar-refractivity contribution < 1.29 is 19.4 Å². The molecule has 1 rings (SSSR count). The van der Waals surface area contributed by atoms with Crippen LogP contribution in [-0.4, -0.2) is 59.2 Å². The van der Waals surface area contributed by atoms with Crippen molar-refractivity contribution >= 4 is 23.6 Å². The third-order valence-corrected chi connectivity index (χ3v) is 4.35. The van der Waals surface area contributed by atoms with Gasteiger partial charge in [-0.3, -0.25) is 4.79 Å². The molecular formula is C14H25NO4S. The van der Waals surface area contributed by atoms with Gasteiger partial charge in [-0.05, 0) is 38.4 Å². The molecule has 20 heavy (non-hydrogen) atoms. The molecule has 1 amide bonds. The Bertz CT molecular complexity index is 312. The molecule has 1 saturated heterocycles. The van der Waals surface area contributed by atoms with Crippen LogP contribution < -0.4 is 0 Å². The highest BCUT2D eigenvalue weighted by atomic mass is 32.2. The lowest BCUT2D eigenvalue weighted by atomic mass is 10.0. The van der Waals surface area contributed by atoms with Crippen molar-refractivity contribution in [2.45, 2.75) is 45.1 Å². The van der Waals surface area contributed by atoms with E-state index < -0.39 is 6.04 Å². The minimum Gasteiger partial charge on any atom is -0.464 e. The topological polar surface area (TPSA) is 66.8 Å². The van der Waals surface area contributed by atoms with Crippen LogP contribution in [0.5, 0.6) is 0 Å². The molecule has 0 aliphatic carbocycles. The zero-order valence-electron chi connectivity index (χ0n) is 12.2. The van der Waals surface area contributed by atoms with E-state index in [9.17, 15) is 9.59 Å². The van der Waals surface area contributed by atoms with Gasteiger partial charge in [-0.2, -0.15) is 11.8 Å². The molecule has 116 valence electrons. The maximum absolute atomic E-state index is 12.0. The average molecular weight is 303 g/mol. The predicted molar refractivity (Wildman–Crippen MR) is 79.6 cm³/mol. The Morgan fingerprint density at radius 2 is 2.25 bits per heavy atom. The van der Waals surface area contributed by atoms with Crippen LogP contribution in [0, 0.1) is 0 Å². The van der Waals surface area contributed by atoms with E-state index in [4.69, 9.17) is 9.84 Å². The van der Waals surface area contributed by atoms with Crippen LogP contribution in [0.25, 0.3) is 0 Å². The standard InChI is InChI=1S/C14H25NO4S/c1-2-19-14(18)12-6-5-7-13(17)15(12)8-11-20-10-4-3-9-16/h12,16H,2-11H2,1H3. The van der Waals surface area contributed by atoms with E-state index >= 15 is 0 Å². The number of aliphatic hydroxyl groups excluding tert-OH is 1. The lowest BCUT2D eigenvalue weighted by Crippen LogP contribution is -2.49. The summed E-state index contributed by atoms with van der Waals surface area (Å²) in [7, 11) is 0. The number of nitrogens with zero attached hydrogens (tertiary/aromatic N) is 1. The first-order valence-corrected chi connectivity index (χ1v) is 8.50. The van der Waals surface area contributed by atoms with Crippen LogP contribution in [0.2, 0.25) is 0 Å². The number of hydrogen-bond donors (Lipinski definition) is 1. The summed E-state index contributed by atoms with van der Waals surface area (Å²) < 4.78 is 5.05. The van der Waals surface area contributed by atoms with Gasteiger partial charge in [0.25, 0.3) is 0 Å². The number of aliphatic hydroxyl groups is 1. The number of thioether (sulfide) groups is 1. The summed E-state index contributed by atoms with van der Waals surface area (Å²) in [5.74, 6) is 1.59. The number of ether oxygens (including phenoxy) is 1. The first-order valence-electron chi connectivity index (χ1n) is 7.35. The molecule has 0 saturated carbocycles. The Kier molecular flexibility index (Phi) is 8.69. The number of amides is 1. The Labute approximate surface area is 125 Å². The molecule has 1 aliphatic rings. The van der Waals surface area contributed by atoms with E-state index in [1.54, 1.807) is 23.6 Å². The first-order chi connectivity index (χ1) is 9.70. The van der Waals surface area contributed by atoms with Crippen molar-refractivity contribution in [3.05, 3.63) is 0 Å². The maximum Gasteiger partial charge on any atom is 0.328 e. The van der Waals surface area contributed by atoms with Gasteiger partial charge < -0.3 is 14.7 Å². The predicted octanol–water partition coefficient (Wildman–Crippen LogP) is 1.44. The zero-order valence-corrected chi connectivity index (χ0v) is 13.0. The third kappa shape index (κ3) is 5.71.